The van der Waals surface area contributed by atoms with Crippen molar-refractivity contribution in [3.8, 4) is 0 Å². The standard InChI is InChI=1S/C9H18O3S/c1-6(8(10)11)7(2)13(12)9(3,4)5/h6-7H,1-5H3,(H,10,11). The Bertz CT molecular complexity index is 217. The smallest absolute Gasteiger partial charge is 0.307 e. The van der Waals surface area contributed by atoms with Crippen molar-refractivity contribution in [2.75, 3.05) is 0 Å². The zero-order valence-electron chi connectivity index (χ0n) is 8.83. The summed E-state index contributed by atoms with van der Waals surface area (Å²) in [5.74, 6) is -1.44. The third-order valence-electron chi connectivity index (χ3n) is 2.03. The predicted molar refractivity (Wildman–Crippen MR) is 54.2 cm³/mol. The van der Waals surface area contributed by atoms with E-state index in [2.05, 4.69) is 0 Å². The minimum atomic E-state index is -1.11. The summed E-state index contributed by atoms with van der Waals surface area (Å²) in [4.78, 5) is 10.6. The molecule has 0 aliphatic rings. The minimum Gasteiger partial charge on any atom is -0.481 e. The molecule has 0 fully saturated rings. The van der Waals surface area contributed by atoms with Gasteiger partial charge in [0.05, 0.1) is 5.92 Å². The summed E-state index contributed by atoms with van der Waals surface area (Å²) in [5, 5.41) is 8.42. The molecular weight excluding hydrogens is 188 g/mol. The van der Waals surface area contributed by atoms with Gasteiger partial charge in [-0.1, -0.05) is 6.92 Å². The van der Waals surface area contributed by atoms with Gasteiger partial charge in [-0.05, 0) is 27.7 Å². The highest BCUT2D eigenvalue weighted by Crippen LogP contribution is 2.20. The van der Waals surface area contributed by atoms with Crippen molar-refractivity contribution in [1.82, 2.24) is 0 Å². The Kier molecular flexibility index (Phi) is 4.10. The molecule has 3 unspecified atom stereocenters. The van der Waals surface area contributed by atoms with Gasteiger partial charge < -0.3 is 5.11 Å². The first kappa shape index (κ1) is 12.6. The van der Waals surface area contributed by atoms with Crippen molar-refractivity contribution in [3.05, 3.63) is 0 Å². The lowest BCUT2D eigenvalue weighted by Gasteiger charge is -2.25. The number of aliphatic carboxylic acids is 1. The van der Waals surface area contributed by atoms with Gasteiger partial charge in [0, 0.05) is 20.8 Å². The average molecular weight is 206 g/mol. The molecule has 0 heterocycles. The first-order chi connectivity index (χ1) is 5.68. The predicted octanol–water partition coefficient (Wildman–Crippen LogP) is 1.64. The van der Waals surface area contributed by atoms with Crippen molar-refractivity contribution in [2.45, 2.75) is 44.6 Å². The molecule has 0 rings (SSSR count). The second-order valence-corrected chi connectivity index (χ2v) is 6.80. The molecule has 0 radical (unpaired) electrons. The SMILES string of the molecule is CC(C(=O)O)C(C)S(=O)C(C)(C)C. The molecular formula is C9H18O3S. The topological polar surface area (TPSA) is 54.4 Å². The molecule has 0 aromatic carbocycles. The van der Waals surface area contributed by atoms with Crippen LogP contribution in [0.3, 0.4) is 0 Å². The van der Waals surface area contributed by atoms with E-state index >= 15 is 0 Å². The molecule has 3 nitrogen and oxygen atoms in total. The summed E-state index contributed by atoms with van der Waals surface area (Å²) in [5.41, 5.74) is 0. The van der Waals surface area contributed by atoms with Crippen molar-refractivity contribution >= 4 is 16.8 Å². The van der Waals surface area contributed by atoms with Gasteiger partial charge in [0.15, 0.2) is 0 Å². The zero-order chi connectivity index (χ0) is 10.8. The summed E-state index contributed by atoms with van der Waals surface area (Å²) < 4.78 is 11.4. The van der Waals surface area contributed by atoms with Crippen LogP contribution < -0.4 is 0 Å². The van der Waals surface area contributed by atoms with Crippen LogP contribution in [0.2, 0.25) is 0 Å². The van der Waals surface area contributed by atoms with Crippen LogP contribution >= 0.6 is 0 Å². The molecule has 78 valence electrons. The molecule has 4 heteroatoms. The Morgan fingerprint density at radius 3 is 1.92 bits per heavy atom. The van der Waals surface area contributed by atoms with Gasteiger partial charge in [-0.3, -0.25) is 9.00 Å². The van der Waals surface area contributed by atoms with Gasteiger partial charge in [-0.2, -0.15) is 0 Å². The Balaban J connectivity index is 4.53. The van der Waals surface area contributed by atoms with Crippen molar-refractivity contribution in [2.24, 2.45) is 5.92 Å². The number of carbonyl (C=O) groups is 1. The first-order valence-electron chi connectivity index (χ1n) is 4.31. The molecule has 0 spiro atoms. The summed E-state index contributed by atoms with van der Waals surface area (Å²) in [6.45, 7) is 8.88. The van der Waals surface area contributed by atoms with Gasteiger partial charge in [0.1, 0.15) is 0 Å². The normalized spacial score (nSPS) is 19.2. The van der Waals surface area contributed by atoms with Gasteiger partial charge in [0.25, 0.3) is 0 Å². The molecule has 0 aliphatic carbocycles. The monoisotopic (exact) mass is 206 g/mol. The highest BCUT2D eigenvalue weighted by atomic mass is 32.2. The molecule has 0 aromatic heterocycles. The van der Waals surface area contributed by atoms with E-state index in [4.69, 9.17) is 5.11 Å². The largest absolute Gasteiger partial charge is 0.481 e. The summed E-state index contributed by atoms with van der Waals surface area (Å²) >= 11 is 0. The molecule has 0 aromatic rings. The van der Waals surface area contributed by atoms with E-state index < -0.39 is 22.7 Å². The van der Waals surface area contributed by atoms with Crippen molar-refractivity contribution < 1.29 is 14.1 Å². The van der Waals surface area contributed by atoms with E-state index in [1.54, 1.807) is 13.8 Å². The van der Waals surface area contributed by atoms with Crippen LogP contribution in [0, 0.1) is 5.92 Å². The Labute approximate surface area is 82.0 Å². The van der Waals surface area contributed by atoms with Crippen LogP contribution in [-0.2, 0) is 15.6 Å². The minimum absolute atomic E-state index is 0.308. The lowest BCUT2D eigenvalue weighted by atomic mass is 10.1. The van der Waals surface area contributed by atoms with E-state index in [-0.39, 0.29) is 10.00 Å². The average Bonchev–Trinajstić information content (AvgIpc) is 1.98. The molecule has 0 amide bonds. The molecule has 0 bridgehead atoms. The summed E-state index contributed by atoms with van der Waals surface area (Å²) in [6, 6.07) is 0. The summed E-state index contributed by atoms with van der Waals surface area (Å²) in [6.07, 6.45) is 0. The van der Waals surface area contributed by atoms with Crippen LogP contribution in [0.15, 0.2) is 0 Å². The number of rotatable bonds is 3. The Morgan fingerprint density at radius 1 is 1.31 bits per heavy atom. The van der Waals surface area contributed by atoms with Gasteiger partial charge in [-0.25, -0.2) is 0 Å². The van der Waals surface area contributed by atoms with E-state index in [9.17, 15) is 9.00 Å². The number of hydrogen-bond donors (Lipinski definition) is 1. The maximum absolute atomic E-state index is 11.8. The molecule has 0 saturated carbocycles. The van der Waals surface area contributed by atoms with Crippen LogP contribution in [0.25, 0.3) is 0 Å². The fourth-order valence-corrected chi connectivity index (χ4v) is 2.55. The van der Waals surface area contributed by atoms with Crippen LogP contribution in [0.1, 0.15) is 34.6 Å². The second-order valence-electron chi connectivity index (χ2n) is 4.24. The fourth-order valence-electron chi connectivity index (χ4n) is 0.944. The number of carboxylic acid groups (broad SMARTS) is 1. The van der Waals surface area contributed by atoms with Crippen LogP contribution in [0.4, 0.5) is 0 Å². The van der Waals surface area contributed by atoms with Gasteiger partial charge in [-0.15, -0.1) is 0 Å². The van der Waals surface area contributed by atoms with Crippen LogP contribution in [-0.4, -0.2) is 25.3 Å². The Hall–Kier alpha value is -0.380. The first-order valence-corrected chi connectivity index (χ1v) is 5.52. The lowest BCUT2D eigenvalue weighted by molar-refractivity contribution is -0.141. The molecule has 1 N–H and O–H groups in total. The van der Waals surface area contributed by atoms with E-state index in [0.717, 1.165) is 0 Å². The third-order valence-corrected chi connectivity index (χ3v) is 4.33. The third kappa shape index (κ3) is 3.46. The summed E-state index contributed by atoms with van der Waals surface area (Å²) in [7, 11) is -1.11. The maximum Gasteiger partial charge on any atom is 0.307 e. The fraction of sp³-hybridized carbons (Fsp3) is 0.889. The van der Waals surface area contributed by atoms with E-state index in [1.807, 2.05) is 20.8 Å². The maximum atomic E-state index is 11.8. The van der Waals surface area contributed by atoms with Crippen molar-refractivity contribution in [3.63, 3.8) is 0 Å². The molecule has 0 aliphatic heterocycles. The van der Waals surface area contributed by atoms with E-state index in [1.165, 1.54) is 0 Å². The number of hydrogen-bond acceptors (Lipinski definition) is 2. The molecule has 0 saturated heterocycles. The van der Waals surface area contributed by atoms with Crippen LogP contribution in [0.5, 0.6) is 0 Å². The highest BCUT2D eigenvalue weighted by molar-refractivity contribution is 7.87. The van der Waals surface area contributed by atoms with Crippen molar-refractivity contribution in [1.29, 1.82) is 0 Å². The zero-order valence-corrected chi connectivity index (χ0v) is 9.64. The van der Waals surface area contributed by atoms with E-state index in [0.29, 0.717) is 0 Å². The lowest BCUT2D eigenvalue weighted by Crippen LogP contribution is -2.36. The molecule has 13 heavy (non-hydrogen) atoms. The second kappa shape index (κ2) is 4.22. The van der Waals surface area contributed by atoms with Gasteiger partial charge in [0.2, 0.25) is 0 Å². The molecule has 3 atom stereocenters. The highest BCUT2D eigenvalue weighted by Gasteiger charge is 2.31. The van der Waals surface area contributed by atoms with Gasteiger partial charge >= 0.3 is 5.97 Å². The Morgan fingerprint density at radius 2 is 1.69 bits per heavy atom. The number of carboxylic acids is 1. The quantitative estimate of drug-likeness (QED) is 0.763.